The maximum Gasteiger partial charge on any atom is 0.220 e. The average molecular weight is 328 g/mol. The van der Waals surface area contributed by atoms with Crippen molar-refractivity contribution >= 4 is 33.5 Å². The van der Waals surface area contributed by atoms with E-state index in [-0.39, 0.29) is 5.91 Å². The van der Waals surface area contributed by atoms with E-state index in [9.17, 15) is 4.79 Å². The lowest BCUT2D eigenvalue weighted by Crippen LogP contribution is -2.25. The normalized spacial score (nSPS) is 14.0. The molecule has 0 atom stereocenters. The molecule has 0 aromatic carbocycles. The first-order chi connectivity index (χ1) is 9.20. The molecular weight excluding hydrogens is 310 g/mol. The Labute approximate surface area is 120 Å². The molecule has 1 amide bonds. The van der Waals surface area contributed by atoms with Crippen molar-refractivity contribution in [2.45, 2.75) is 31.7 Å². The van der Waals surface area contributed by atoms with Gasteiger partial charge >= 0.3 is 0 Å². The summed E-state index contributed by atoms with van der Waals surface area (Å²) < 4.78 is 0.805. The first kappa shape index (κ1) is 14.0. The summed E-state index contributed by atoms with van der Waals surface area (Å²) in [6.07, 6.45) is 5.09. The molecule has 1 aromatic heterocycles. The molecule has 3 N–H and O–H groups in total. The fourth-order valence-corrected chi connectivity index (χ4v) is 2.19. The molecule has 2 rings (SSSR count). The summed E-state index contributed by atoms with van der Waals surface area (Å²) in [5.74, 6) is 1.62. The van der Waals surface area contributed by atoms with Gasteiger partial charge in [-0.05, 0) is 35.2 Å². The Morgan fingerprint density at radius 1 is 1.42 bits per heavy atom. The van der Waals surface area contributed by atoms with Crippen LogP contribution in [0, 0.1) is 0 Å². The predicted octanol–water partition coefficient (Wildman–Crippen LogP) is 1.75. The number of rotatable bonds is 7. The van der Waals surface area contributed by atoms with Crippen molar-refractivity contribution in [3.63, 3.8) is 0 Å². The van der Waals surface area contributed by atoms with Gasteiger partial charge in [0.1, 0.15) is 22.4 Å². The van der Waals surface area contributed by atoms with E-state index in [1.807, 2.05) is 0 Å². The first-order valence-corrected chi connectivity index (χ1v) is 7.21. The quantitative estimate of drug-likeness (QED) is 0.665. The topological polar surface area (TPSA) is 78.9 Å². The number of carbonyl (C=O) groups excluding carboxylic acids is 1. The summed E-state index contributed by atoms with van der Waals surface area (Å²) in [4.78, 5) is 19.7. The van der Waals surface area contributed by atoms with Gasteiger partial charge in [-0.3, -0.25) is 4.79 Å². The second-order valence-electron chi connectivity index (χ2n) is 4.51. The summed E-state index contributed by atoms with van der Waals surface area (Å²) in [5, 5.41) is 9.14. The van der Waals surface area contributed by atoms with Gasteiger partial charge < -0.3 is 16.0 Å². The summed E-state index contributed by atoms with van der Waals surface area (Å²) in [7, 11) is 1.80. The maximum absolute atomic E-state index is 11.5. The number of hydrogen-bond acceptors (Lipinski definition) is 5. The molecule has 19 heavy (non-hydrogen) atoms. The summed E-state index contributed by atoms with van der Waals surface area (Å²) in [6, 6.07) is 0.439. The molecule has 0 bridgehead atoms. The zero-order valence-electron chi connectivity index (χ0n) is 10.9. The molecule has 6 nitrogen and oxygen atoms in total. The predicted molar refractivity (Wildman–Crippen MR) is 78.2 cm³/mol. The lowest BCUT2D eigenvalue weighted by atomic mass is 10.3. The van der Waals surface area contributed by atoms with Gasteiger partial charge in [-0.25, -0.2) is 9.97 Å². The standard InChI is InChI=1S/C12H18BrN5O/c1-14-11-10(13)12(17-7-16-11)15-6-2-3-9(19)18-8-4-5-8/h7-8H,2-6H2,1H3,(H,18,19)(H2,14,15,16,17). The summed E-state index contributed by atoms with van der Waals surface area (Å²) in [5.41, 5.74) is 0. The first-order valence-electron chi connectivity index (χ1n) is 6.42. The second kappa shape index (κ2) is 6.70. The molecule has 0 unspecified atom stereocenters. The van der Waals surface area contributed by atoms with E-state index in [1.54, 1.807) is 7.05 Å². The zero-order valence-corrected chi connectivity index (χ0v) is 12.5. The highest BCUT2D eigenvalue weighted by atomic mass is 79.9. The third-order valence-corrected chi connectivity index (χ3v) is 3.59. The molecule has 7 heteroatoms. The Hall–Kier alpha value is -1.37. The molecule has 0 spiro atoms. The van der Waals surface area contributed by atoms with Gasteiger partial charge in [0.2, 0.25) is 5.91 Å². The number of halogens is 1. The van der Waals surface area contributed by atoms with E-state index in [0.29, 0.717) is 19.0 Å². The van der Waals surface area contributed by atoms with Crippen molar-refractivity contribution in [1.82, 2.24) is 15.3 Å². The van der Waals surface area contributed by atoms with E-state index in [1.165, 1.54) is 6.33 Å². The van der Waals surface area contributed by atoms with Gasteiger partial charge in [-0.15, -0.1) is 0 Å². The van der Waals surface area contributed by atoms with Crippen LogP contribution < -0.4 is 16.0 Å². The lowest BCUT2D eigenvalue weighted by molar-refractivity contribution is -0.121. The van der Waals surface area contributed by atoms with Crippen molar-refractivity contribution in [3.05, 3.63) is 10.8 Å². The van der Waals surface area contributed by atoms with E-state index in [2.05, 4.69) is 41.8 Å². The van der Waals surface area contributed by atoms with Crippen molar-refractivity contribution < 1.29 is 4.79 Å². The number of aromatic nitrogens is 2. The van der Waals surface area contributed by atoms with E-state index < -0.39 is 0 Å². The molecule has 1 fully saturated rings. The molecule has 0 aliphatic heterocycles. The van der Waals surface area contributed by atoms with Gasteiger partial charge in [0, 0.05) is 26.1 Å². The van der Waals surface area contributed by atoms with Crippen molar-refractivity contribution in [2.24, 2.45) is 0 Å². The van der Waals surface area contributed by atoms with Crippen molar-refractivity contribution in [3.8, 4) is 0 Å². The molecule has 1 saturated carbocycles. The van der Waals surface area contributed by atoms with Crippen LogP contribution in [-0.4, -0.2) is 35.5 Å². The molecule has 0 radical (unpaired) electrons. The van der Waals surface area contributed by atoms with Gasteiger partial charge in [-0.1, -0.05) is 0 Å². The minimum Gasteiger partial charge on any atom is -0.372 e. The van der Waals surface area contributed by atoms with Crippen molar-refractivity contribution in [1.29, 1.82) is 0 Å². The van der Waals surface area contributed by atoms with E-state index >= 15 is 0 Å². The SMILES string of the molecule is CNc1ncnc(NCCCC(=O)NC2CC2)c1Br. The fraction of sp³-hybridized carbons (Fsp3) is 0.583. The molecule has 0 saturated heterocycles. The highest BCUT2D eigenvalue weighted by Gasteiger charge is 2.22. The summed E-state index contributed by atoms with van der Waals surface area (Å²) >= 11 is 3.43. The van der Waals surface area contributed by atoms with Crippen LogP contribution >= 0.6 is 15.9 Å². The van der Waals surface area contributed by atoms with Gasteiger partial charge in [-0.2, -0.15) is 0 Å². The smallest absolute Gasteiger partial charge is 0.220 e. The largest absolute Gasteiger partial charge is 0.372 e. The minimum atomic E-state index is 0.141. The second-order valence-corrected chi connectivity index (χ2v) is 5.30. The van der Waals surface area contributed by atoms with Crippen LogP contribution in [0.2, 0.25) is 0 Å². The average Bonchev–Trinajstić information content (AvgIpc) is 3.20. The number of amides is 1. The Morgan fingerprint density at radius 3 is 2.84 bits per heavy atom. The van der Waals surface area contributed by atoms with Crippen LogP contribution in [0.1, 0.15) is 25.7 Å². The molecule has 104 valence electrons. The van der Waals surface area contributed by atoms with Gasteiger partial charge in [0.05, 0.1) is 0 Å². The molecular formula is C12H18BrN5O. The lowest BCUT2D eigenvalue weighted by Gasteiger charge is -2.09. The molecule has 1 aliphatic rings. The number of nitrogens with one attached hydrogen (secondary N) is 3. The Morgan fingerprint density at radius 2 is 2.16 bits per heavy atom. The van der Waals surface area contributed by atoms with Crippen LogP contribution in [0.3, 0.4) is 0 Å². The number of hydrogen-bond donors (Lipinski definition) is 3. The zero-order chi connectivity index (χ0) is 13.7. The third kappa shape index (κ3) is 4.34. The van der Waals surface area contributed by atoms with Crippen LogP contribution in [0.5, 0.6) is 0 Å². The molecule has 1 aliphatic carbocycles. The van der Waals surface area contributed by atoms with Gasteiger partial charge in [0.25, 0.3) is 0 Å². The van der Waals surface area contributed by atoms with E-state index in [4.69, 9.17) is 0 Å². The highest BCUT2D eigenvalue weighted by Crippen LogP contribution is 2.25. The monoisotopic (exact) mass is 327 g/mol. The van der Waals surface area contributed by atoms with Crippen LogP contribution in [0.25, 0.3) is 0 Å². The number of anilines is 2. The Kier molecular flexibility index (Phi) is 4.95. The third-order valence-electron chi connectivity index (χ3n) is 2.84. The Bertz CT molecular complexity index is 450. The van der Waals surface area contributed by atoms with Crippen molar-refractivity contribution in [2.75, 3.05) is 24.2 Å². The van der Waals surface area contributed by atoms with Crippen LogP contribution in [-0.2, 0) is 4.79 Å². The Balaban J connectivity index is 1.71. The number of nitrogens with zero attached hydrogens (tertiary/aromatic N) is 2. The molecule has 1 heterocycles. The van der Waals surface area contributed by atoms with Crippen LogP contribution in [0.4, 0.5) is 11.6 Å². The highest BCUT2D eigenvalue weighted by molar-refractivity contribution is 9.10. The number of carbonyl (C=O) groups is 1. The molecule has 1 aromatic rings. The maximum atomic E-state index is 11.5. The van der Waals surface area contributed by atoms with E-state index in [0.717, 1.165) is 35.4 Å². The fourth-order valence-electron chi connectivity index (χ4n) is 1.65. The minimum absolute atomic E-state index is 0.141. The van der Waals surface area contributed by atoms with Gasteiger partial charge in [0.15, 0.2) is 0 Å². The summed E-state index contributed by atoms with van der Waals surface area (Å²) in [6.45, 7) is 0.705. The van der Waals surface area contributed by atoms with Crippen LogP contribution in [0.15, 0.2) is 10.8 Å².